The molecule has 3 heterocycles. The number of rotatable bonds is 5. The zero-order valence-corrected chi connectivity index (χ0v) is 22.8. The van der Waals surface area contributed by atoms with E-state index in [2.05, 4.69) is 107 Å². The monoisotopic (exact) mass is 542 g/mol. The fourth-order valence-corrected chi connectivity index (χ4v) is 6.61. The van der Waals surface area contributed by atoms with Crippen LogP contribution >= 0.6 is 0 Å². The van der Waals surface area contributed by atoms with Crippen LogP contribution in [0.2, 0.25) is 0 Å². The molecule has 9 rings (SSSR count). The van der Waals surface area contributed by atoms with Gasteiger partial charge in [-0.15, -0.1) is 0 Å². The first-order chi connectivity index (χ1) is 20.8. The van der Waals surface area contributed by atoms with E-state index in [-0.39, 0.29) is 0 Å². The molecular formula is C38H26N2O2. The molecule has 0 aliphatic heterocycles. The molecule has 0 amide bonds. The minimum absolute atomic E-state index is 0.754. The van der Waals surface area contributed by atoms with Crippen LogP contribution in [0.25, 0.3) is 71.4 Å². The van der Waals surface area contributed by atoms with Gasteiger partial charge in [-0.2, -0.15) is 0 Å². The molecule has 0 spiro atoms. The summed E-state index contributed by atoms with van der Waals surface area (Å²) in [5.74, 6) is 0. The maximum absolute atomic E-state index is 6.29. The Balaban J connectivity index is 1.10. The van der Waals surface area contributed by atoms with Crippen LogP contribution in [-0.2, 0) is 13.1 Å². The number of fused-ring (bicyclic) bond motifs is 9. The zero-order valence-electron chi connectivity index (χ0n) is 22.8. The molecule has 0 radical (unpaired) electrons. The largest absolute Gasteiger partial charge is 0.456 e. The van der Waals surface area contributed by atoms with E-state index in [1.807, 2.05) is 30.3 Å². The van der Waals surface area contributed by atoms with Gasteiger partial charge in [0.1, 0.15) is 22.3 Å². The number of hydrogen-bond acceptors (Lipinski definition) is 3. The van der Waals surface area contributed by atoms with Crippen molar-refractivity contribution in [3.8, 4) is 5.69 Å². The predicted octanol–water partition coefficient (Wildman–Crippen LogP) is 9.87. The molecule has 4 heteroatoms. The van der Waals surface area contributed by atoms with Gasteiger partial charge >= 0.3 is 0 Å². The predicted molar refractivity (Wildman–Crippen MR) is 172 cm³/mol. The Morgan fingerprint density at radius 3 is 2.10 bits per heavy atom. The summed E-state index contributed by atoms with van der Waals surface area (Å²) in [7, 11) is 0. The Morgan fingerprint density at radius 1 is 0.476 bits per heavy atom. The van der Waals surface area contributed by atoms with E-state index in [0.717, 1.165) is 62.8 Å². The summed E-state index contributed by atoms with van der Waals surface area (Å²) < 4.78 is 14.7. The third-order valence-electron chi connectivity index (χ3n) is 8.47. The Morgan fingerprint density at radius 2 is 1.19 bits per heavy atom. The van der Waals surface area contributed by atoms with Crippen LogP contribution in [-0.4, -0.2) is 4.57 Å². The van der Waals surface area contributed by atoms with E-state index >= 15 is 0 Å². The highest BCUT2D eigenvalue weighted by Crippen LogP contribution is 2.38. The second-order valence-corrected chi connectivity index (χ2v) is 11.0. The summed E-state index contributed by atoms with van der Waals surface area (Å²) in [6, 6.07) is 44.8. The van der Waals surface area contributed by atoms with Gasteiger partial charge in [-0.25, -0.2) is 0 Å². The van der Waals surface area contributed by atoms with Crippen molar-refractivity contribution in [2.75, 3.05) is 0 Å². The van der Waals surface area contributed by atoms with E-state index in [1.165, 1.54) is 32.8 Å². The first kappa shape index (κ1) is 23.4. The second-order valence-electron chi connectivity index (χ2n) is 11.0. The molecule has 0 atom stereocenters. The molecule has 0 bridgehead atoms. The molecule has 0 aliphatic rings. The lowest BCUT2D eigenvalue weighted by Crippen LogP contribution is -2.13. The third kappa shape index (κ3) is 3.52. The Bertz CT molecular complexity index is 2460. The van der Waals surface area contributed by atoms with E-state index in [1.54, 1.807) is 0 Å². The van der Waals surface area contributed by atoms with Crippen molar-refractivity contribution >= 4 is 65.7 Å². The van der Waals surface area contributed by atoms with Crippen LogP contribution in [0.5, 0.6) is 0 Å². The number of para-hydroxylation sites is 3. The topological polar surface area (TPSA) is 43.2 Å². The minimum atomic E-state index is 0.754. The van der Waals surface area contributed by atoms with Crippen molar-refractivity contribution in [1.82, 2.24) is 9.88 Å². The van der Waals surface area contributed by atoms with Crippen molar-refractivity contribution < 1.29 is 8.83 Å². The third-order valence-corrected chi connectivity index (χ3v) is 8.47. The maximum atomic E-state index is 6.29. The van der Waals surface area contributed by atoms with Crippen LogP contribution in [0.1, 0.15) is 11.1 Å². The maximum Gasteiger partial charge on any atom is 0.137 e. The first-order valence-electron chi connectivity index (χ1n) is 14.4. The Labute approximate surface area is 241 Å². The van der Waals surface area contributed by atoms with Crippen LogP contribution < -0.4 is 5.32 Å². The van der Waals surface area contributed by atoms with Crippen molar-refractivity contribution in [2.45, 2.75) is 13.1 Å². The van der Waals surface area contributed by atoms with Gasteiger partial charge in [0.2, 0.25) is 0 Å². The molecule has 1 N–H and O–H groups in total. The average molecular weight is 543 g/mol. The van der Waals surface area contributed by atoms with Crippen molar-refractivity contribution in [3.63, 3.8) is 0 Å². The fraction of sp³-hybridized carbons (Fsp3) is 0.0526. The molecule has 0 aliphatic carbocycles. The highest BCUT2D eigenvalue weighted by molar-refractivity contribution is 6.17. The Kier molecular flexibility index (Phi) is 5.07. The van der Waals surface area contributed by atoms with E-state index in [0.29, 0.717) is 0 Å². The molecule has 0 saturated heterocycles. The molecule has 4 nitrogen and oxygen atoms in total. The number of nitrogens with zero attached hydrogens (tertiary/aromatic N) is 1. The van der Waals surface area contributed by atoms with E-state index in [9.17, 15) is 0 Å². The molecule has 42 heavy (non-hydrogen) atoms. The summed E-state index contributed by atoms with van der Waals surface area (Å²) in [5.41, 5.74) is 9.63. The van der Waals surface area contributed by atoms with Crippen molar-refractivity contribution in [1.29, 1.82) is 0 Å². The van der Waals surface area contributed by atoms with Gasteiger partial charge in [0.15, 0.2) is 0 Å². The molecule has 6 aromatic carbocycles. The van der Waals surface area contributed by atoms with Crippen LogP contribution in [0.15, 0.2) is 136 Å². The summed E-state index contributed by atoms with van der Waals surface area (Å²) in [6.07, 6.45) is 0. The summed E-state index contributed by atoms with van der Waals surface area (Å²) in [6.45, 7) is 1.51. The number of aromatic nitrogens is 1. The van der Waals surface area contributed by atoms with Gasteiger partial charge in [0.25, 0.3) is 0 Å². The van der Waals surface area contributed by atoms with E-state index in [4.69, 9.17) is 8.83 Å². The molecular weight excluding hydrogens is 516 g/mol. The normalized spacial score (nSPS) is 12.1. The number of benzene rings is 6. The molecule has 9 aromatic rings. The fourth-order valence-electron chi connectivity index (χ4n) is 6.61. The SMILES string of the molecule is c1cc(CNCc2cccc3oc4ccccc4c23)cc(-n2c3ccccc3c3cc4c(cc32)oc2ccccc24)c1. The minimum Gasteiger partial charge on any atom is -0.456 e. The van der Waals surface area contributed by atoms with Crippen LogP contribution in [0, 0.1) is 0 Å². The smallest absolute Gasteiger partial charge is 0.137 e. The lowest BCUT2D eigenvalue weighted by molar-refractivity contribution is 0.666. The molecule has 200 valence electrons. The number of hydrogen-bond donors (Lipinski definition) is 1. The van der Waals surface area contributed by atoms with Crippen LogP contribution in [0.4, 0.5) is 0 Å². The summed E-state index contributed by atoms with van der Waals surface area (Å²) in [4.78, 5) is 0. The van der Waals surface area contributed by atoms with Gasteiger partial charge in [0, 0.05) is 57.2 Å². The standard InChI is InChI=1S/C38H26N2O2/c1-4-15-32-27(12-1)30-20-31-28-13-2-5-16-34(28)42-37(31)21-33(30)40(32)26-11-7-9-24(19-26)22-39-23-25-10-8-18-36-38(25)29-14-3-6-17-35(29)41-36/h1-21,39H,22-23H2. The molecule has 0 saturated carbocycles. The van der Waals surface area contributed by atoms with Gasteiger partial charge in [-0.05, 0) is 53.6 Å². The first-order valence-corrected chi connectivity index (χ1v) is 14.4. The average Bonchev–Trinajstić information content (AvgIpc) is 3.69. The zero-order chi connectivity index (χ0) is 27.6. The summed E-state index contributed by atoms with van der Waals surface area (Å²) >= 11 is 0. The van der Waals surface area contributed by atoms with Gasteiger partial charge in [-0.3, -0.25) is 0 Å². The number of nitrogens with one attached hydrogen (secondary N) is 1. The quantitative estimate of drug-likeness (QED) is 0.235. The van der Waals surface area contributed by atoms with Crippen molar-refractivity contribution in [2.24, 2.45) is 0 Å². The summed E-state index contributed by atoms with van der Waals surface area (Å²) in [5, 5.41) is 10.8. The molecule has 0 fully saturated rings. The molecule has 0 unspecified atom stereocenters. The van der Waals surface area contributed by atoms with E-state index < -0.39 is 0 Å². The number of furan rings is 2. The lowest BCUT2D eigenvalue weighted by Gasteiger charge is -2.11. The van der Waals surface area contributed by atoms with Gasteiger partial charge in [0.05, 0.1) is 11.0 Å². The van der Waals surface area contributed by atoms with Crippen molar-refractivity contribution in [3.05, 3.63) is 139 Å². The second kappa shape index (κ2) is 9.10. The van der Waals surface area contributed by atoms with Crippen LogP contribution in [0.3, 0.4) is 0 Å². The van der Waals surface area contributed by atoms with Gasteiger partial charge < -0.3 is 18.7 Å². The highest BCUT2D eigenvalue weighted by atomic mass is 16.3. The Hall–Kier alpha value is -5.32. The highest BCUT2D eigenvalue weighted by Gasteiger charge is 2.16. The van der Waals surface area contributed by atoms with Gasteiger partial charge in [-0.1, -0.05) is 78.9 Å². The lowest BCUT2D eigenvalue weighted by atomic mass is 10.1. The molecule has 3 aromatic heterocycles.